The summed E-state index contributed by atoms with van der Waals surface area (Å²) in [5.41, 5.74) is 0. The van der Waals surface area contributed by atoms with E-state index in [-0.39, 0.29) is 18.5 Å². The number of ether oxygens (including phenoxy) is 2. The molecule has 10 heavy (non-hydrogen) atoms. The van der Waals surface area contributed by atoms with Crippen LogP contribution in [0.15, 0.2) is 0 Å². The van der Waals surface area contributed by atoms with Crippen LogP contribution in [-0.2, 0) is 9.47 Å². The number of methoxy groups -OCH3 is 1. The van der Waals surface area contributed by atoms with E-state index in [1.165, 1.54) is 0 Å². The zero-order valence-corrected chi connectivity index (χ0v) is 6.41. The van der Waals surface area contributed by atoms with E-state index in [4.69, 9.17) is 9.47 Å². The molecule has 3 nitrogen and oxygen atoms in total. The number of hydrogen-bond acceptors (Lipinski definition) is 3. The highest BCUT2D eigenvalue weighted by molar-refractivity contribution is 4.70. The average molecular weight is 146 g/mol. The standard InChI is InChI=1S/C7H14O3/c1-5-6(8)3-4-7(9-2)10-5/h5-8H,3-4H2,1-2H3/t5?,6-,7?/m0/s1. The Kier molecular flexibility index (Phi) is 2.65. The van der Waals surface area contributed by atoms with E-state index in [2.05, 4.69) is 0 Å². The summed E-state index contributed by atoms with van der Waals surface area (Å²) in [6.07, 6.45) is 1.06. The van der Waals surface area contributed by atoms with E-state index >= 15 is 0 Å². The molecule has 0 aromatic carbocycles. The van der Waals surface area contributed by atoms with Gasteiger partial charge in [-0.05, 0) is 13.3 Å². The van der Waals surface area contributed by atoms with Crippen LogP contribution in [0.1, 0.15) is 19.8 Å². The van der Waals surface area contributed by atoms with Crippen LogP contribution in [-0.4, -0.2) is 30.7 Å². The summed E-state index contributed by atoms with van der Waals surface area (Å²) in [7, 11) is 1.62. The van der Waals surface area contributed by atoms with Crippen molar-refractivity contribution in [3.8, 4) is 0 Å². The van der Waals surface area contributed by atoms with Crippen molar-refractivity contribution < 1.29 is 14.6 Å². The van der Waals surface area contributed by atoms with Crippen LogP contribution in [0.5, 0.6) is 0 Å². The first-order valence-electron chi connectivity index (χ1n) is 3.60. The summed E-state index contributed by atoms with van der Waals surface area (Å²) >= 11 is 0. The van der Waals surface area contributed by atoms with Crippen molar-refractivity contribution in [1.29, 1.82) is 0 Å². The van der Waals surface area contributed by atoms with Crippen LogP contribution >= 0.6 is 0 Å². The van der Waals surface area contributed by atoms with Crippen LogP contribution in [0.25, 0.3) is 0 Å². The highest BCUT2D eigenvalue weighted by Gasteiger charge is 2.25. The highest BCUT2D eigenvalue weighted by atomic mass is 16.7. The van der Waals surface area contributed by atoms with Gasteiger partial charge in [-0.25, -0.2) is 0 Å². The predicted octanol–water partition coefficient (Wildman–Crippen LogP) is 0.519. The molecular formula is C7H14O3. The van der Waals surface area contributed by atoms with Gasteiger partial charge in [0.25, 0.3) is 0 Å². The summed E-state index contributed by atoms with van der Waals surface area (Å²) in [6.45, 7) is 1.86. The zero-order chi connectivity index (χ0) is 7.56. The predicted molar refractivity (Wildman–Crippen MR) is 36.6 cm³/mol. The molecule has 0 aliphatic carbocycles. The van der Waals surface area contributed by atoms with Crippen LogP contribution in [0.4, 0.5) is 0 Å². The Bertz CT molecular complexity index is 105. The Labute approximate surface area is 60.9 Å². The summed E-state index contributed by atoms with van der Waals surface area (Å²) in [5, 5.41) is 9.21. The SMILES string of the molecule is COC1CC[C@H](O)C(C)O1. The molecule has 1 N–H and O–H groups in total. The van der Waals surface area contributed by atoms with Crippen molar-refractivity contribution in [2.75, 3.05) is 7.11 Å². The van der Waals surface area contributed by atoms with Crippen molar-refractivity contribution in [3.05, 3.63) is 0 Å². The maximum Gasteiger partial charge on any atom is 0.157 e. The molecule has 1 heterocycles. The van der Waals surface area contributed by atoms with Gasteiger partial charge in [-0.1, -0.05) is 0 Å². The molecule has 0 bridgehead atoms. The fraction of sp³-hybridized carbons (Fsp3) is 1.00. The van der Waals surface area contributed by atoms with Crippen LogP contribution in [0.2, 0.25) is 0 Å². The lowest BCUT2D eigenvalue weighted by Crippen LogP contribution is -2.37. The molecular weight excluding hydrogens is 132 g/mol. The maximum absolute atomic E-state index is 9.21. The van der Waals surface area contributed by atoms with Gasteiger partial charge >= 0.3 is 0 Å². The smallest absolute Gasteiger partial charge is 0.157 e. The van der Waals surface area contributed by atoms with Crippen LogP contribution in [0, 0.1) is 0 Å². The first kappa shape index (κ1) is 7.98. The van der Waals surface area contributed by atoms with Gasteiger partial charge < -0.3 is 14.6 Å². The maximum atomic E-state index is 9.21. The molecule has 0 spiro atoms. The molecule has 0 amide bonds. The van der Waals surface area contributed by atoms with Crippen molar-refractivity contribution in [3.63, 3.8) is 0 Å². The molecule has 60 valence electrons. The monoisotopic (exact) mass is 146 g/mol. The lowest BCUT2D eigenvalue weighted by atomic mass is 10.1. The van der Waals surface area contributed by atoms with E-state index in [9.17, 15) is 5.11 Å². The molecule has 3 heteroatoms. The van der Waals surface area contributed by atoms with Crippen molar-refractivity contribution in [2.45, 2.75) is 38.3 Å². The third-order valence-electron chi connectivity index (χ3n) is 1.87. The Morgan fingerprint density at radius 3 is 2.70 bits per heavy atom. The molecule has 1 rings (SSSR count). The normalized spacial score (nSPS) is 41.7. The minimum absolute atomic E-state index is 0.0845. The first-order valence-corrected chi connectivity index (χ1v) is 3.60. The topological polar surface area (TPSA) is 38.7 Å². The van der Waals surface area contributed by atoms with Crippen molar-refractivity contribution in [2.24, 2.45) is 0 Å². The number of aliphatic hydroxyl groups excluding tert-OH is 1. The lowest BCUT2D eigenvalue weighted by molar-refractivity contribution is -0.206. The summed E-state index contributed by atoms with van der Waals surface area (Å²) < 4.78 is 10.3. The summed E-state index contributed by atoms with van der Waals surface area (Å²) in [6, 6.07) is 0. The Balaban J connectivity index is 2.33. The molecule has 1 fully saturated rings. The van der Waals surface area contributed by atoms with Gasteiger partial charge in [-0.15, -0.1) is 0 Å². The van der Waals surface area contributed by atoms with Crippen molar-refractivity contribution in [1.82, 2.24) is 0 Å². The fourth-order valence-electron chi connectivity index (χ4n) is 1.11. The third kappa shape index (κ3) is 1.68. The van der Waals surface area contributed by atoms with Gasteiger partial charge in [0.15, 0.2) is 6.29 Å². The minimum Gasteiger partial charge on any atom is -0.390 e. The van der Waals surface area contributed by atoms with Crippen molar-refractivity contribution >= 4 is 0 Å². The largest absolute Gasteiger partial charge is 0.390 e. The van der Waals surface area contributed by atoms with Gasteiger partial charge in [-0.3, -0.25) is 0 Å². The first-order chi connectivity index (χ1) is 4.74. The van der Waals surface area contributed by atoms with Gasteiger partial charge in [0.2, 0.25) is 0 Å². The van der Waals surface area contributed by atoms with E-state index in [0.717, 1.165) is 12.8 Å². The van der Waals surface area contributed by atoms with Gasteiger partial charge in [0.05, 0.1) is 12.2 Å². The summed E-state index contributed by atoms with van der Waals surface area (Å²) in [4.78, 5) is 0. The average Bonchev–Trinajstić information content (AvgIpc) is 1.95. The molecule has 0 saturated carbocycles. The second-order valence-electron chi connectivity index (χ2n) is 2.65. The molecule has 0 aromatic rings. The van der Waals surface area contributed by atoms with Crippen LogP contribution in [0.3, 0.4) is 0 Å². The van der Waals surface area contributed by atoms with E-state index in [0.29, 0.717) is 0 Å². The van der Waals surface area contributed by atoms with Gasteiger partial charge in [0.1, 0.15) is 0 Å². The second-order valence-corrected chi connectivity index (χ2v) is 2.65. The third-order valence-corrected chi connectivity index (χ3v) is 1.87. The number of aliphatic hydroxyl groups is 1. The molecule has 1 saturated heterocycles. The number of rotatable bonds is 1. The summed E-state index contributed by atoms with van der Waals surface area (Å²) in [5.74, 6) is 0. The quantitative estimate of drug-likeness (QED) is 0.586. The van der Waals surface area contributed by atoms with E-state index in [1.807, 2.05) is 6.92 Å². The molecule has 2 unspecified atom stereocenters. The minimum atomic E-state index is -0.314. The lowest BCUT2D eigenvalue weighted by Gasteiger charge is -2.30. The number of hydrogen-bond donors (Lipinski definition) is 1. The molecule has 0 aromatic heterocycles. The van der Waals surface area contributed by atoms with E-state index < -0.39 is 0 Å². The highest BCUT2D eigenvalue weighted by Crippen LogP contribution is 2.19. The van der Waals surface area contributed by atoms with Crippen LogP contribution < -0.4 is 0 Å². The molecule has 0 radical (unpaired) electrons. The second kappa shape index (κ2) is 3.32. The molecule has 1 aliphatic rings. The van der Waals surface area contributed by atoms with Gasteiger partial charge in [0, 0.05) is 13.5 Å². The molecule has 3 atom stereocenters. The Hall–Kier alpha value is -0.120. The molecule has 1 aliphatic heterocycles. The Morgan fingerprint density at radius 1 is 1.50 bits per heavy atom. The van der Waals surface area contributed by atoms with Gasteiger partial charge in [-0.2, -0.15) is 0 Å². The fourth-order valence-corrected chi connectivity index (χ4v) is 1.11. The Morgan fingerprint density at radius 2 is 2.20 bits per heavy atom. The zero-order valence-electron chi connectivity index (χ0n) is 6.41. The van der Waals surface area contributed by atoms with E-state index in [1.54, 1.807) is 7.11 Å².